The van der Waals surface area contributed by atoms with Crippen LogP contribution in [-0.4, -0.2) is 23.9 Å². The molecule has 0 aliphatic heterocycles. The molecule has 0 aromatic heterocycles. The van der Waals surface area contributed by atoms with Gasteiger partial charge in [-0.1, -0.05) is 12.1 Å². The van der Waals surface area contributed by atoms with Crippen molar-refractivity contribution in [3.8, 4) is 0 Å². The normalized spacial score (nSPS) is 35.4. The van der Waals surface area contributed by atoms with Crippen LogP contribution in [0.5, 0.6) is 0 Å². The fraction of sp³-hybridized carbons (Fsp3) is 0.600. The number of halogens is 1. The summed E-state index contributed by atoms with van der Waals surface area (Å²) in [6.45, 7) is 0.229. The largest absolute Gasteiger partial charge is 0.465 e. The van der Waals surface area contributed by atoms with E-state index in [1.807, 2.05) is 0 Å². The van der Waals surface area contributed by atoms with Crippen molar-refractivity contribution in [2.24, 2.45) is 17.3 Å². The molecule has 25 heavy (non-hydrogen) atoms. The highest BCUT2D eigenvalue weighted by Gasteiger charge is 2.60. The Morgan fingerprint density at radius 3 is 2.32 bits per heavy atom. The van der Waals surface area contributed by atoms with E-state index in [0.29, 0.717) is 17.4 Å². The average molecular weight is 363 g/mol. The fourth-order valence-electron chi connectivity index (χ4n) is 5.55. The predicted molar refractivity (Wildman–Crippen MR) is 93.3 cm³/mol. The van der Waals surface area contributed by atoms with Crippen LogP contribution in [0.3, 0.4) is 0 Å². The van der Waals surface area contributed by atoms with Gasteiger partial charge in [-0.3, -0.25) is 4.79 Å². The van der Waals surface area contributed by atoms with E-state index in [4.69, 9.17) is 16.3 Å². The summed E-state index contributed by atoms with van der Waals surface area (Å²) in [6, 6.07) is 6.96. The topological polar surface area (TPSA) is 52.6 Å². The summed E-state index contributed by atoms with van der Waals surface area (Å²) < 4.78 is 10.4. The molecule has 4 aliphatic carbocycles. The van der Waals surface area contributed by atoms with Crippen molar-refractivity contribution in [1.82, 2.24) is 0 Å². The molecular formula is C20H23ClO4. The molecule has 0 radical (unpaired) electrons. The summed E-state index contributed by atoms with van der Waals surface area (Å²) in [5.74, 6) is 0.685. The van der Waals surface area contributed by atoms with Crippen LogP contribution in [0.4, 0.5) is 0 Å². The van der Waals surface area contributed by atoms with Gasteiger partial charge in [0.25, 0.3) is 0 Å². The first kappa shape index (κ1) is 16.9. The van der Waals surface area contributed by atoms with Crippen LogP contribution in [-0.2, 0) is 20.9 Å². The summed E-state index contributed by atoms with van der Waals surface area (Å²) >= 11 is 6.79. The first-order chi connectivity index (χ1) is 11.9. The Hall–Kier alpha value is -1.55. The Morgan fingerprint density at radius 2 is 1.76 bits per heavy atom. The van der Waals surface area contributed by atoms with E-state index < -0.39 is 0 Å². The zero-order valence-electron chi connectivity index (χ0n) is 14.4. The van der Waals surface area contributed by atoms with E-state index >= 15 is 0 Å². The maximum Gasteiger partial charge on any atom is 0.337 e. The maximum atomic E-state index is 12.9. The first-order valence-corrected chi connectivity index (χ1v) is 9.33. The van der Waals surface area contributed by atoms with E-state index in [1.54, 1.807) is 24.3 Å². The molecule has 1 aromatic carbocycles. The van der Waals surface area contributed by atoms with Gasteiger partial charge in [0, 0.05) is 4.87 Å². The van der Waals surface area contributed by atoms with Gasteiger partial charge in [0.05, 0.1) is 18.1 Å². The summed E-state index contributed by atoms with van der Waals surface area (Å²) in [6.07, 6.45) is 5.94. The summed E-state index contributed by atoms with van der Waals surface area (Å²) in [5, 5.41) is 0. The Bertz CT molecular complexity index is 682. The highest BCUT2D eigenvalue weighted by Crippen LogP contribution is 2.64. The van der Waals surface area contributed by atoms with Crippen molar-refractivity contribution in [1.29, 1.82) is 0 Å². The van der Waals surface area contributed by atoms with Gasteiger partial charge in [-0.05, 0) is 68.1 Å². The van der Waals surface area contributed by atoms with Crippen LogP contribution >= 0.6 is 11.6 Å². The maximum absolute atomic E-state index is 12.9. The van der Waals surface area contributed by atoms with E-state index in [-0.39, 0.29) is 28.8 Å². The van der Waals surface area contributed by atoms with Gasteiger partial charge >= 0.3 is 11.9 Å². The number of hydrogen-bond donors (Lipinski definition) is 0. The Balaban J connectivity index is 1.42. The minimum atomic E-state index is -0.377. The van der Waals surface area contributed by atoms with Crippen LogP contribution in [0.25, 0.3) is 0 Å². The number of carbonyl (C=O) groups is 2. The van der Waals surface area contributed by atoms with Gasteiger partial charge < -0.3 is 9.47 Å². The molecule has 4 saturated carbocycles. The monoisotopic (exact) mass is 362 g/mol. The molecule has 2 atom stereocenters. The third-order valence-electron chi connectivity index (χ3n) is 6.17. The molecule has 4 fully saturated rings. The second kappa shape index (κ2) is 6.01. The number of carbonyl (C=O) groups excluding carboxylic acids is 2. The van der Waals surface area contributed by atoms with Crippen molar-refractivity contribution in [3.63, 3.8) is 0 Å². The van der Waals surface area contributed by atoms with Crippen LogP contribution in [0.2, 0.25) is 0 Å². The predicted octanol–water partition coefficient (Wildman–Crippen LogP) is 4.09. The number of benzene rings is 1. The lowest BCUT2D eigenvalue weighted by atomic mass is 9.49. The molecule has 0 heterocycles. The van der Waals surface area contributed by atoms with E-state index in [1.165, 1.54) is 13.5 Å². The van der Waals surface area contributed by atoms with Gasteiger partial charge in [0.15, 0.2) is 0 Å². The van der Waals surface area contributed by atoms with E-state index in [9.17, 15) is 9.59 Å². The molecule has 5 heteroatoms. The number of alkyl halides is 1. The minimum Gasteiger partial charge on any atom is -0.465 e. The zero-order chi connectivity index (χ0) is 17.7. The lowest BCUT2D eigenvalue weighted by Gasteiger charge is -2.58. The lowest BCUT2D eigenvalue weighted by molar-refractivity contribution is -0.171. The number of hydrogen-bond acceptors (Lipinski definition) is 4. The zero-order valence-corrected chi connectivity index (χ0v) is 15.2. The fourth-order valence-corrected chi connectivity index (χ4v) is 6.24. The summed E-state index contributed by atoms with van der Waals surface area (Å²) in [4.78, 5) is 24.1. The highest BCUT2D eigenvalue weighted by molar-refractivity contribution is 6.24. The Morgan fingerprint density at radius 1 is 1.12 bits per heavy atom. The van der Waals surface area contributed by atoms with Gasteiger partial charge in [0.1, 0.15) is 6.61 Å². The van der Waals surface area contributed by atoms with Crippen molar-refractivity contribution in [3.05, 3.63) is 35.4 Å². The molecule has 5 rings (SSSR count). The van der Waals surface area contributed by atoms with Crippen LogP contribution in [0, 0.1) is 17.3 Å². The molecule has 134 valence electrons. The second-order valence-corrected chi connectivity index (χ2v) is 8.96. The van der Waals surface area contributed by atoms with E-state index in [0.717, 1.165) is 37.7 Å². The summed E-state index contributed by atoms with van der Waals surface area (Å²) in [5.41, 5.74) is 0.978. The van der Waals surface area contributed by atoms with Gasteiger partial charge in [-0.2, -0.15) is 0 Å². The number of esters is 2. The Kier molecular flexibility index (Phi) is 4.06. The molecule has 4 bridgehead atoms. The number of ether oxygens (including phenoxy) is 2. The van der Waals surface area contributed by atoms with Crippen molar-refractivity contribution in [2.45, 2.75) is 50.0 Å². The molecule has 0 N–H and O–H groups in total. The highest BCUT2D eigenvalue weighted by atomic mass is 35.5. The van der Waals surface area contributed by atoms with Crippen molar-refractivity contribution < 1.29 is 19.1 Å². The molecular weight excluding hydrogens is 340 g/mol. The molecule has 4 aliphatic rings. The third kappa shape index (κ3) is 3.05. The lowest BCUT2D eigenvalue weighted by Crippen LogP contribution is -2.56. The van der Waals surface area contributed by atoms with Crippen LogP contribution < -0.4 is 0 Å². The molecule has 1 aromatic rings. The second-order valence-electron chi connectivity index (χ2n) is 8.16. The average Bonchev–Trinajstić information content (AvgIpc) is 2.57. The van der Waals surface area contributed by atoms with Crippen LogP contribution in [0.1, 0.15) is 54.4 Å². The minimum absolute atomic E-state index is 0.0938. The number of rotatable bonds is 4. The SMILES string of the molecule is COC(=O)c1ccc(COC(=O)C23C[C@H]4C[C@@H](CC(Cl)(C4)C2)C3)cc1. The first-order valence-electron chi connectivity index (χ1n) is 8.95. The van der Waals surface area contributed by atoms with Gasteiger partial charge in [-0.15, -0.1) is 11.6 Å². The van der Waals surface area contributed by atoms with Crippen molar-refractivity contribution in [2.75, 3.05) is 7.11 Å². The smallest absolute Gasteiger partial charge is 0.337 e. The number of methoxy groups -OCH3 is 1. The van der Waals surface area contributed by atoms with Gasteiger partial charge in [-0.25, -0.2) is 4.79 Å². The van der Waals surface area contributed by atoms with E-state index in [2.05, 4.69) is 4.74 Å². The van der Waals surface area contributed by atoms with Gasteiger partial charge in [0.2, 0.25) is 0 Å². The van der Waals surface area contributed by atoms with Crippen molar-refractivity contribution >= 4 is 23.5 Å². The Labute approximate surface area is 152 Å². The third-order valence-corrected chi connectivity index (χ3v) is 6.61. The molecule has 0 spiro atoms. The molecule has 0 saturated heterocycles. The molecule has 0 amide bonds. The molecule has 0 unspecified atom stereocenters. The quantitative estimate of drug-likeness (QED) is 0.598. The van der Waals surface area contributed by atoms with Crippen LogP contribution in [0.15, 0.2) is 24.3 Å². The summed E-state index contributed by atoms with van der Waals surface area (Å²) in [7, 11) is 1.35. The molecule has 4 nitrogen and oxygen atoms in total. The standard InChI is InChI=1S/C20H23ClO4/c1-24-17(22)16-4-2-13(3-5-16)11-25-18(23)19-7-14-6-15(8-19)10-20(21,9-14)12-19/h2-5,14-15H,6-12H2,1H3/t14-,15-,19?,20?/m1/s1.